The van der Waals surface area contributed by atoms with Crippen LogP contribution < -0.4 is 0 Å². The Bertz CT molecular complexity index is 872. The van der Waals surface area contributed by atoms with Crippen LogP contribution in [0.2, 0.25) is 0 Å². The van der Waals surface area contributed by atoms with Gasteiger partial charge in [-0.15, -0.1) is 0 Å². The normalized spacial score (nSPS) is 26.6. The van der Waals surface area contributed by atoms with E-state index in [0.29, 0.717) is 23.4 Å². The fraction of sp³-hybridized carbons (Fsp3) is 0.759. The zero-order valence-electron chi connectivity index (χ0n) is 22.1. The Kier molecular flexibility index (Phi) is 6.48. The number of benzene rings is 1. The van der Waals surface area contributed by atoms with Crippen LogP contribution in [0.25, 0.3) is 0 Å². The van der Waals surface area contributed by atoms with Crippen LogP contribution >= 0.6 is 0 Å². The molecule has 2 heterocycles. The molecule has 4 aliphatic rings. The van der Waals surface area contributed by atoms with Crippen molar-refractivity contribution < 1.29 is 9.53 Å². The van der Waals surface area contributed by atoms with Gasteiger partial charge in [-0.3, -0.25) is 9.80 Å². The molecule has 1 amide bonds. The Hall–Kier alpha value is -1.59. The van der Waals surface area contributed by atoms with Crippen LogP contribution in [0.1, 0.15) is 96.2 Å². The zero-order valence-corrected chi connectivity index (χ0v) is 22.1. The van der Waals surface area contributed by atoms with E-state index in [9.17, 15) is 4.79 Å². The average Bonchev–Trinajstić information content (AvgIpc) is 3.61. The van der Waals surface area contributed by atoms with Crippen molar-refractivity contribution in [2.45, 2.75) is 103 Å². The number of likely N-dealkylation sites (tertiary alicyclic amines) is 1. The molecule has 0 radical (unpaired) electrons. The van der Waals surface area contributed by atoms with E-state index in [0.717, 1.165) is 32.0 Å². The lowest BCUT2D eigenvalue weighted by Crippen LogP contribution is -2.60. The van der Waals surface area contributed by atoms with Crippen molar-refractivity contribution in [3.63, 3.8) is 0 Å². The highest BCUT2D eigenvalue weighted by Gasteiger charge is 2.51. The van der Waals surface area contributed by atoms with Gasteiger partial charge in [0.05, 0.1) is 0 Å². The minimum Gasteiger partial charge on any atom is -0.444 e. The first-order valence-corrected chi connectivity index (χ1v) is 13.7. The van der Waals surface area contributed by atoms with Crippen molar-refractivity contribution >= 4 is 6.09 Å². The fourth-order valence-electron chi connectivity index (χ4n) is 6.72. The first kappa shape index (κ1) is 24.1. The van der Waals surface area contributed by atoms with E-state index in [-0.39, 0.29) is 6.09 Å². The first-order valence-electron chi connectivity index (χ1n) is 13.7. The molecule has 1 atom stereocenters. The molecule has 5 rings (SSSR count). The van der Waals surface area contributed by atoms with Gasteiger partial charge in [0, 0.05) is 50.8 Å². The second-order valence-corrected chi connectivity index (χ2v) is 12.8. The molecule has 2 aliphatic heterocycles. The Morgan fingerprint density at radius 2 is 1.68 bits per heavy atom. The van der Waals surface area contributed by atoms with Crippen molar-refractivity contribution in [3.8, 4) is 0 Å². The highest BCUT2D eigenvalue weighted by Crippen LogP contribution is 2.53. The minimum atomic E-state index is -0.419. The van der Waals surface area contributed by atoms with Crippen LogP contribution in [0.15, 0.2) is 24.3 Å². The van der Waals surface area contributed by atoms with Crippen molar-refractivity contribution in [3.05, 3.63) is 35.4 Å². The molecule has 2 saturated heterocycles. The maximum atomic E-state index is 12.5. The monoisotopic (exact) mass is 467 g/mol. The van der Waals surface area contributed by atoms with Gasteiger partial charge in [-0.05, 0) is 81.8 Å². The van der Waals surface area contributed by atoms with Gasteiger partial charge in [0.25, 0.3) is 0 Å². The third-order valence-electron chi connectivity index (χ3n) is 8.78. The number of carbonyl (C=O) groups excluding carboxylic acids is 1. The maximum absolute atomic E-state index is 12.5. The molecular formula is C29H45N3O2. The van der Waals surface area contributed by atoms with Crippen molar-refractivity contribution in [2.75, 3.05) is 32.7 Å². The minimum absolute atomic E-state index is 0.139. The fourth-order valence-corrected chi connectivity index (χ4v) is 6.72. The second-order valence-electron chi connectivity index (χ2n) is 12.8. The Morgan fingerprint density at radius 3 is 2.29 bits per heavy atom. The molecule has 0 aromatic heterocycles. The van der Waals surface area contributed by atoms with Gasteiger partial charge in [-0.2, -0.15) is 0 Å². The van der Waals surface area contributed by atoms with Gasteiger partial charge in [0.15, 0.2) is 0 Å². The number of hydrogen-bond donors (Lipinski definition) is 0. The summed E-state index contributed by atoms with van der Waals surface area (Å²) in [5.74, 6) is 0.555. The van der Waals surface area contributed by atoms with Gasteiger partial charge in [0.1, 0.15) is 5.60 Å². The summed E-state index contributed by atoms with van der Waals surface area (Å²) in [5, 5.41) is 0. The molecule has 0 N–H and O–H groups in total. The lowest BCUT2D eigenvalue weighted by Gasteiger charge is -2.58. The summed E-state index contributed by atoms with van der Waals surface area (Å²) in [7, 11) is 0. The van der Waals surface area contributed by atoms with Gasteiger partial charge >= 0.3 is 6.09 Å². The molecule has 0 bridgehead atoms. The zero-order chi connectivity index (χ0) is 24.1. The van der Waals surface area contributed by atoms with E-state index in [4.69, 9.17) is 4.74 Å². The number of piperazine rings is 1. The average molecular weight is 468 g/mol. The lowest BCUT2D eigenvalue weighted by molar-refractivity contribution is -0.0783. The van der Waals surface area contributed by atoms with Gasteiger partial charge in [-0.25, -0.2) is 4.79 Å². The molecule has 1 aromatic rings. The van der Waals surface area contributed by atoms with Gasteiger partial charge < -0.3 is 9.64 Å². The highest BCUT2D eigenvalue weighted by atomic mass is 16.6. The molecule has 2 aliphatic carbocycles. The summed E-state index contributed by atoms with van der Waals surface area (Å²) in [6.45, 7) is 15.8. The number of hydrogen-bond acceptors (Lipinski definition) is 4. The molecule has 1 unspecified atom stereocenters. The van der Waals surface area contributed by atoms with Crippen molar-refractivity contribution in [1.29, 1.82) is 0 Å². The molecule has 188 valence electrons. The van der Waals surface area contributed by atoms with Crippen LogP contribution in [0.5, 0.6) is 0 Å². The van der Waals surface area contributed by atoms with E-state index >= 15 is 0 Å². The number of ether oxygens (including phenoxy) is 1. The third kappa shape index (κ3) is 5.02. The molecule has 1 aromatic carbocycles. The van der Waals surface area contributed by atoms with E-state index < -0.39 is 5.60 Å². The van der Waals surface area contributed by atoms with Crippen LogP contribution in [-0.2, 0) is 4.74 Å². The topological polar surface area (TPSA) is 36.0 Å². The summed E-state index contributed by atoms with van der Waals surface area (Å²) in [4.78, 5) is 20.1. The van der Waals surface area contributed by atoms with Crippen molar-refractivity contribution in [1.82, 2.24) is 14.7 Å². The lowest BCUT2D eigenvalue weighted by atomic mass is 9.59. The van der Waals surface area contributed by atoms with E-state index in [1.165, 1.54) is 50.9 Å². The molecule has 1 spiro atoms. The predicted molar refractivity (Wildman–Crippen MR) is 137 cm³/mol. The number of carbonyl (C=O) groups is 1. The standard InChI is InChI=1S/C29H45N3O2/c1-21(2)24-8-6-7-9-25(24)26-20-31(22-10-11-22)16-17-32(26)23-18-29(19-23)12-14-30(15-13-29)27(33)34-28(3,4)5/h6-9,21-23,26H,10-20H2,1-5H3. The molecule has 2 saturated carbocycles. The number of rotatable bonds is 4. The highest BCUT2D eigenvalue weighted by molar-refractivity contribution is 5.68. The quantitative estimate of drug-likeness (QED) is 0.560. The third-order valence-corrected chi connectivity index (χ3v) is 8.78. The Balaban J connectivity index is 1.25. The SMILES string of the molecule is CC(C)c1ccccc1C1CN(C2CC2)CCN1C1CC2(CCN(C(=O)OC(C)(C)C)CC2)C1. The van der Waals surface area contributed by atoms with E-state index in [1.54, 1.807) is 5.56 Å². The van der Waals surface area contributed by atoms with Crippen molar-refractivity contribution in [2.24, 2.45) is 5.41 Å². The second kappa shape index (κ2) is 9.13. The molecule has 5 nitrogen and oxygen atoms in total. The Labute approximate surface area is 206 Å². The maximum Gasteiger partial charge on any atom is 0.410 e. The summed E-state index contributed by atoms with van der Waals surface area (Å²) in [6.07, 6.45) is 7.46. The number of piperidine rings is 1. The largest absolute Gasteiger partial charge is 0.444 e. The molecule has 34 heavy (non-hydrogen) atoms. The van der Waals surface area contributed by atoms with Gasteiger partial charge in [-0.1, -0.05) is 38.1 Å². The summed E-state index contributed by atoms with van der Waals surface area (Å²) in [6, 6.07) is 11.2. The predicted octanol–water partition coefficient (Wildman–Crippen LogP) is 5.81. The van der Waals surface area contributed by atoms with E-state index in [2.05, 4.69) is 47.9 Å². The van der Waals surface area contributed by atoms with Crippen LogP contribution in [0.4, 0.5) is 4.79 Å². The Morgan fingerprint density at radius 1 is 1.00 bits per heavy atom. The summed E-state index contributed by atoms with van der Waals surface area (Å²) in [5.41, 5.74) is 3.09. The molecule has 5 heteroatoms. The number of amides is 1. The molecular weight excluding hydrogens is 422 g/mol. The summed E-state index contributed by atoms with van der Waals surface area (Å²) < 4.78 is 5.62. The van der Waals surface area contributed by atoms with Crippen LogP contribution in [-0.4, -0.2) is 71.2 Å². The molecule has 4 fully saturated rings. The number of nitrogens with zero attached hydrogens (tertiary/aromatic N) is 3. The van der Waals surface area contributed by atoms with E-state index in [1.807, 2.05) is 25.7 Å². The van der Waals surface area contributed by atoms with Crippen LogP contribution in [0.3, 0.4) is 0 Å². The van der Waals surface area contributed by atoms with Gasteiger partial charge in [0.2, 0.25) is 0 Å². The smallest absolute Gasteiger partial charge is 0.410 e. The first-order chi connectivity index (χ1) is 16.1. The van der Waals surface area contributed by atoms with Crippen LogP contribution in [0, 0.1) is 5.41 Å². The summed E-state index contributed by atoms with van der Waals surface area (Å²) >= 11 is 0.